The molecule has 3 aliphatic rings. The number of aliphatic hydroxyl groups excluding tert-OH is 1. The lowest BCUT2D eigenvalue weighted by Gasteiger charge is -2.40. The molecule has 4 atom stereocenters. The van der Waals surface area contributed by atoms with Crippen LogP contribution in [0.4, 0.5) is 22.1 Å². The van der Waals surface area contributed by atoms with Gasteiger partial charge in [0.25, 0.3) is 0 Å². The van der Waals surface area contributed by atoms with E-state index in [4.69, 9.17) is 19.9 Å². The number of nitrogens with zero attached hydrogens (tertiary/aromatic N) is 3. The zero-order valence-corrected chi connectivity index (χ0v) is 25.6. The van der Waals surface area contributed by atoms with Crippen LogP contribution in [-0.4, -0.2) is 71.9 Å². The SMILES string of the molecule is CC(C)(C)OC(=O)N1CCC2(CC1)C[C@H](Nc1ncnc(NC3CCC(COS(N)(=O)=O)C3O)c1NN)c1ccccc12. The number of fused-ring (bicyclic) bond motifs is 2. The number of aliphatic hydroxyl groups is 1. The summed E-state index contributed by atoms with van der Waals surface area (Å²) < 4.78 is 32.7. The number of rotatable bonds is 8. The van der Waals surface area contributed by atoms with Crippen LogP contribution >= 0.6 is 0 Å². The fourth-order valence-electron chi connectivity index (χ4n) is 6.61. The Morgan fingerprint density at radius 3 is 2.47 bits per heavy atom. The van der Waals surface area contributed by atoms with Crippen LogP contribution in [0.1, 0.15) is 70.0 Å². The Bertz CT molecular complexity index is 1430. The molecule has 1 amide bonds. The predicted molar refractivity (Wildman–Crippen MR) is 161 cm³/mol. The monoisotopic (exact) mass is 618 g/mol. The first-order valence-corrected chi connectivity index (χ1v) is 16.0. The van der Waals surface area contributed by atoms with E-state index in [-0.39, 0.29) is 24.2 Å². The molecular weight excluding hydrogens is 576 g/mol. The molecule has 0 bridgehead atoms. The average molecular weight is 619 g/mol. The number of nitrogens with two attached hydrogens (primary N) is 2. The van der Waals surface area contributed by atoms with E-state index >= 15 is 0 Å². The second-order valence-corrected chi connectivity index (χ2v) is 13.9. The van der Waals surface area contributed by atoms with Crippen molar-refractivity contribution in [2.75, 3.05) is 35.8 Å². The maximum absolute atomic E-state index is 12.7. The van der Waals surface area contributed by atoms with Gasteiger partial charge in [0, 0.05) is 24.4 Å². The minimum absolute atomic E-state index is 0.0593. The molecule has 15 heteroatoms. The van der Waals surface area contributed by atoms with Gasteiger partial charge in [0.15, 0.2) is 11.6 Å². The second-order valence-electron chi connectivity index (χ2n) is 12.7. The lowest BCUT2D eigenvalue weighted by molar-refractivity contribution is 0.0162. The van der Waals surface area contributed by atoms with Gasteiger partial charge in [-0.05, 0) is 64.0 Å². The maximum Gasteiger partial charge on any atom is 0.410 e. The molecule has 1 saturated carbocycles. The predicted octanol–water partition coefficient (Wildman–Crippen LogP) is 2.36. The van der Waals surface area contributed by atoms with Gasteiger partial charge in [0.1, 0.15) is 17.6 Å². The number of aromatic nitrogens is 2. The molecule has 1 spiro atoms. The van der Waals surface area contributed by atoms with Crippen LogP contribution < -0.4 is 27.0 Å². The number of hydrogen-bond acceptors (Lipinski definition) is 12. The van der Waals surface area contributed by atoms with Crippen LogP contribution in [0.15, 0.2) is 30.6 Å². The summed E-state index contributed by atoms with van der Waals surface area (Å²) in [6.45, 7) is 6.64. The third kappa shape index (κ3) is 6.96. The number of amides is 1. The molecule has 1 aromatic heterocycles. The van der Waals surface area contributed by atoms with Crippen LogP contribution in [0, 0.1) is 5.92 Å². The fourth-order valence-corrected chi connectivity index (χ4v) is 6.97. The lowest BCUT2D eigenvalue weighted by Crippen LogP contribution is -2.46. The molecule has 8 N–H and O–H groups in total. The Morgan fingerprint density at radius 1 is 1.14 bits per heavy atom. The molecule has 2 aliphatic carbocycles. The molecule has 236 valence electrons. The number of likely N-dealkylation sites (tertiary alicyclic amines) is 1. The van der Waals surface area contributed by atoms with E-state index in [0.717, 1.165) is 19.3 Å². The van der Waals surface area contributed by atoms with E-state index in [0.29, 0.717) is 43.3 Å². The van der Waals surface area contributed by atoms with Crippen molar-refractivity contribution in [3.05, 3.63) is 41.7 Å². The van der Waals surface area contributed by atoms with Gasteiger partial charge in [-0.1, -0.05) is 24.3 Å². The van der Waals surface area contributed by atoms with E-state index in [2.05, 4.69) is 44.2 Å². The van der Waals surface area contributed by atoms with Crippen molar-refractivity contribution in [3.63, 3.8) is 0 Å². The number of benzene rings is 1. The zero-order chi connectivity index (χ0) is 31.0. The van der Waals surface area contributed by atoms with Gasteiger partial charge < -0.3 is 30.8 Å². The Kier molecular flexibility index (Phi) is 8.73. The zero-order valence-electron chi connectivity index (χ0n) is 24.7. The van der Waals surface area contributed by atoms with Crippen molar-refractivity contribution in [3.8, 4) is 0 Å². The number of hydrazine groups is 1. The number of nitrogen functional groups attached to an aromatic ring is 1. The number of ether oxygens (including phenoxy) is 1. The van der Waals surface area contributed by atoms with E-state index in [1.54, 1.807) is 4.90 Å². The molecule has 3 unspecified atom stereocenters. The fraction of sp³-hybridized carbons (Fsp3) is 0.607. The van der Waals surface area contributed by atoms with Gasteiger partial charge in [0.2, 0.25) is 0 Å². The van der Waals surface area contributed by atoms with Gasteiger partial charge in [-0.25, -0.2) is 19.9 Å². The summed E-state index contributed by atoms with van der Waals surface area (Å²) in [7, 11) is -4.09. The van der Waals surface area contributed by atoms with Gasteiger partial charge in [-0.2, -0.15) is 8.42 Å². The number of nitrogens with one attached hydrogen (secondary N) is 3. The molecule has 14 nitrogen and oxygen atoms in total. The first-order valence-electron chi connectivity index (χ1n) is 14.6. The summed E-state index contributed by atoms with van der Waals surface area (Å²) in [5.74, 6) is 6.46. The Balaban J connectivity index is 1.29. The summed E-state index contributed by atoms with van der Waals surface area (Å²) in [6, 6.07) is 7.90. The number of piperidine rings is 1. The van der Waals surface area contributed by atoms with Gasteiger partial charge >= 0.3 is 16.4 Å². The van der Waals surface area contributed by atoms with E-state index in [1.165, 1.54) is 17.5 Å². The highest BCUT2D eigenvalue weighted by Crippen LogP contribution is 2.52. The summed E-state index contributed by atoms with van der Waals surface area (Å²) >= 11 is 0. The topological polar surface area (TPSA) is 207 Å². The number of hydrogen-bond donors (Lipinski definition) is 6. The quantitative estimate of drug-likeness (QED) is 0.186. The third-order valence-corrected chi connectivity index (χ3v) is 9.15. The normalized spacial score (nSPS) is 24.9. The molecule has 0 radical (unpaired) electrons. The minimum Gasteiger partial charge on any atom is -0.444 e. The smallest absolute Gasteiger partial charge is 0.410 e. The summed E-state index contributed by atoms with van der Waals surface area (Å²) in [4.78, 5) is 23.3. The van der Waals surface area contributed by atoms with Gasteiger partial charge in [0.05, 0.1) is 24.8 Å². The van der Waals surface area contributed by atoms with E-state index in [1.807, 2.05) is 26.8 Å². The van der Waals surface area contributed by atoms with Crippen molar-refractivity contribution < 1.29 is 27.2 Å². The number of carbonyl (C=O) groups is 1. The van der Waals surface area contributed by atoms with E-state index < -0.39 is 34.0 Å². The minimum atomic E-state index is -4.09. The highest BCUT2D eigenvalue weighted by atomic mass is 32.2. The summed E-state index contributed by atoms with van der Waals surface area (Å²) in [5, 5.41) is 22.6. The summed E-state index contributed by atoms with van der Waals surface area (Å²) in [5.41, 5.74) is 4.95. The molecule has 43 heavy (non-hydrogen) atoms. The Hall–Kier alpha value is -3.24. The molecule has 1 aliphatic heterocycles. The van der Waals surface area contributed by atoms with Crippen molar-refractivity contribution in [2.24, 2.45) is 16.9 Å². The first-order chi connectivity index (χ1) is 20.3. The number of anilines is 3. The van der Waals surface area contributed by atoms with E-state index in [9.17, 15) is 18.3 Å². The van der Waals surface area contributed by atoms with Crippen molar-refractivity contribution in [2.45, 2.75) is 82.1 Å². The Morgan fingerprint density at radius 2 is 1.81 bits per heavy atom. The second kappa shape index (κ2) is 12.0. The molecule has 2 aromatic rings. The lowest BCUT2D eigenvalue weighted by atomic mass is 9.73. The van der Waals surface area contributed by atoms with Crippen LogP contribution in [0.2, 0.25) is 0 Å². The van der Waals surface area contributed by atoms with Crippen LogP contribution in [0.5, 0.6) is 0 Å². The standard InChI is InChI=1S/C28H42N8O6S/c1-27(2,3)42-26(38)36-12-10-28(11-13-36)14-21(18-6-4-5-7-19(18)28)34-25-22(35-29)24(31-16-32-25)33-20-9-8-17(23(20)37)15-41-43(30,39)40/h4-7,16-17,20-21,23,35,37H,8-15,29H2,1-3H3,(H2,30,39,40)(H2,31,32,33,34)/t17?,20?,21-,23?/m0/s1. The van der Waals surface area contributed by atoms with Crippen molar-refractivity contribution in [1.82, 2.24) is 14.9 Å². The van der Waals surface area contributed by atoms with Gasteiger partial charge in [-0.3, -0.25) is 10.0 Å². The molecule has 2 heterocycles. The highest BCUT2D eigenvalue weighted by Gasteiger charge is 2.46. The number of carbonyl (C=O) groups excluding carboxylic acids is 1. The van der Waals surface area contributed by atoms with Crippen molar-refractivity contribution in [1.29, 1.82) is 0 Å². The summed E-state index contributed by atoms with van der Waals surface area (Å²) in [6.07, 6.45) is 3.82. The molecule has 1 saturated heterocycles. The molecule has 1 aromatic carbocycles. The van der Waals surface area contributed by atoms with Crippen LogP contribution in [0.3, 0.4) is 0 Å². The largest absolute Gasteiger partial charge is 0.444 e. The first kappa shape index (κ1) is 31.2. The van der Waals surface area contributed by atoms with Crippen molar-refractivity contribution >= 4 is 33.7 Å². The molecule has 2 fully saturated rings. The highest BCUT2D eigenvalue weighted by molar-refractivity contribution is 7.84. The van der Waals surface area contributed by atoms with Crippen LogP contribution in [-0.2, 0) is 24.6 Å². The average Bonchev–Trinajstić information content (AvgIpc) is 3.43. The molecular formula is C28H42N8O6S. The maximum atomic E-state index is 12.7. The van der Waals surface area contributed by atoms with Crippen LogP contribution in [0.25, 0.3) is 0 Å². The van der Waals surface area contributed by atoms with Gasteiger partial charge in [-0.15, -0.1) is 0 Å². The molecule has 5 rings (SSSR count). The third-order valence-electron chi connectivity index (χ3n) is 8.69. The Labute approximate surface area is 252 Å².